The summed E-state index contributed by atoms with van der Waals surface area (Å²) in [6.07, 6.45) is 1.62. The average Bonchev–Trinajstić information content (AvgIpc) is 3.19. The predicted molar refractivity (Wildman–Crippen MR) is 153 cm³/mol. The van der Waals surface area contributed by atoms with Gasteiger partial charge in [-0.1, -0.05) is 35.8 Å². The first kappa shape index (κ1) is 30.8. The van der Waals surface area contributed by atoms with Crippen molar-refractivity contribution in [2.45, 2.75) is 66.6 Å². The first-order chi connectivity index (χ1) is 18.5. The van der Waals surface area contributed by atoms with Crippen molar-refractivity contribution in [2.75, 3.05) is 6.61 Å². The monoisotopic (exact) mass is 615 g/mol. The lowest BCUT2D eigenvalue weighted by molar-refractivity contribution is 0.00401. The van der Waals surface area contributed by atoms with Crippen LogP contribution in [0.4, 0.5) is 14.4 Å². The zero-order valence-corrected chi connectivity index (χ0v) is 25.5. The number of fused-ring (bicyclic) bond motifs is 1. The van der Waals surface area contributed by atoms with E-state index in [4.69, 9.17) is 14.2 Å². The molecule has 0 fully saturated rings. The van der Waals surface area contributed by atoms with E-state index in [1.165, 1.54) is 10.6 Å². The van der Waals surface area contributed by atoms with Gasteiger partial charge in [-0.25, -0.2) is 14.4 Å². The molecule has 3 aromatic rings. The molecule has 0 unspecified atom stereocenters. The summed E-state index contributed by atoms with van der Waals surface area (Å²) < 4.78 is 17.9. The molecule has 0 atom stereocenters. The van der Waals surface area contributed by atoms with Crippen molar-refractivity contribution >= 4 is 51.0 Å². The first-order valence-electron chi connectivity index (χ1n) is 12.7. The zero-order chi connectivity index (χ0) is 30.0. The minimum Gasteiger partial charge on any atom is -0.449 e. The first-order valence-corrected chi connectivity index (χ1v) is 13.5. The number of carbonyl (C=O) groups is 4. The van der Waals surface area contributed by atoms with Crippen molar-refractivity contribution in [3.63, 3.8) is 0 Å². The second-order valence-electron chi connectivity index (χ2n) is 11.6. The van der Waals surface area contributed by atoms with Crippen LogP contribution in [0.2, 0.25) is 0 Å². The van der Waals surface area contributed by atoms with Gasteiger partial charge in [0.2, 0.25) is 0 Å². The number of hydrogen-bond acceptors (Lipinski definition) is 8. The fourth-order valence-electron chi connectivity index (χ4n) is 3.67. The highest BCUT2D eigenvalue weighted by Crippen LogP contribution is 2.36. The molecule has 1 aromatic carbocycles. The zero-order valence-electron chi connectivity index (χ0n) is 23.9. The molecule has 11 heteroatoms. The lowest BCUT2D eigenvalue weighted by atomic mass is 10.0. The van der Waals surface area contributed by atoms with Crippen LogP contribution in [0.3, 0.4) is 0 Å². The number of hydrogen-bond donors (Lipinski definition) is 0. The van der Waals surface area contributed by atoms with Gasteiger partial charge in [0, 0.05) is 39.6 Å². The number of amides is 3. The van der Waals surface area contributed by atoms with Gasteiger partial charge in [0.15, 0.2) is 0 Å². The lowest BCUT2D eigenvalue weighted by Gasteiger charge is -2.27. The van der Waals surface area contributed by atoms with E-state index in [1.807, 2.05) is 19.9 Å². The van der Waals surface area contributed by atoms with Crippen molar-refractivity contribution in [1.29, 1.82) is 0 Å². The highest BCUT2D eigenvalue weighted by molar-refractivity contribution is 9.10. The van der Waals surface area contributed by atoms with E-state index in [0.717, 1.165) is 0 Å². The third-order valence-electron chi connectivity index (χ3n) is 5.16. The normalized spacial score (nSPS) is 11.8. The quantitative estimate of drug-likeness (QED) is 0.278. The summed E-state index contributed by atoms with van der Waals surface area (Å²) in [6.45, 7) is 13.6. The van der Waals surface area contributed by atoms with Gasteiger partial charge in [0.05, 0.1) is 17.7 Å². The van der Waals surface area contributed by atoms with E-state index in [-0.39, 0.29) is 23.6 Å². The number of pyridine rings is 1. The molecule has 3 rings (SSSR count). The Morgan fingerprint density at radius 2 is 1.60 bits per heavy atom. The minimum absolute atomic E-state index is 0.0636. The number of rotatable bonds is 4. The number of ether oxygens (including phenoxy) is 3. The number of aromatic nitrogens is 2. The van der Waals surface area contributed by atoms with Crippen LogP contribution in [0.1, 0.15) is 65.7 Å². The Bertz CT molecular complexity index is 1410. The molecule has 3 amide bonds. The fourth-order valence-corrected chi connectivity index (χ4v) is 4.13. The largest absolute Gasteiger partial charge is 0.449 e. The van der Waals surface area contributed by atoms with Gasteiger partial charge < -0.3 is 14.2 Å². The maximum absolute atomic E-state index is 14.1. The molecule has 10 nitrogen and oxygen atoms in total. The van der Waals surface area contributed by atoms with E-state index in [0.29, 0.717) is 25.9 Å². The number of carbonyl (C=O) groups excluding carboxylic acids is 4. The van der Waals surface area contributed by atoms with Crippen LogP contribution >= 0.6 is 15.9 Å². The molecular weight excluding hydrogens is 582 g/mol. The molecule has 0 saturated heterocycles. The number of benzene rings is 1. The summed E-state index contributed by atoms with van der Waals surface area (Å²) in [5.41, 5.74) is -0.760. The van der Waals surface area contributed by atoms with Crippen LogP contribution in [0.5, 0.6) is 0 Å². The minimum atomic E-state index is -1.21. The standard InChI is InChI=1S/C29H34BrN3O7/c1-17(2)16-38-25(35)32-15-22(18-10-9-11-31-14-18)20-12-19(30)13-21(23(20)32)24(34)33(26(36)39-28(3,4)5)27(37)40-29(6,7)8/h9-15,17H,16H2,1-8H3. The third kappa shape index (κ3) is 7.47. The van der Waals surface area contributed by atoms with Crippen LogP contribution in [-0.2, 0) is 14.2 Å². The van der Waals surface area contributed by atoms with Crippen LogP contribution in [0.25, 0.3) is 22.0 Å². The number of imide groups is 3. The summed E-state index contributed by atoms with van der Waals surface area (Å²) >= 11 is 3.43. The summed E-state index contributed by atoms with van der Waals surface area (Å²) in [4.78, 5) is 58.3. The van der Waals surface area contributed by atoms with Gasteiger partial charge in [-0.2, -0.15) is 0 Å². The highest BCUT2D eigenvalue weighted by Gasteiger charge is 2.38. The van der Waals surface area contributed by atoms with Gasteiger partial charge in [-0.15, -0.1) is 4.90 Å². The SMILES string of the molecule is CC(C)COC(=O)n1cc(-c2cccnc2)c2cc(Br)cc(C(=O)N(C(=O)OC(C)(C)C)C(=O)OC(C)(C)C)c21. The molecule has 0 saturated carbocycles. The maximum Gasteiger partial charge on any atom is 0.427 e. The second kappa shape index (κ2) is 11.8. The summed E-state index contributed by atoms with van der Waals surface area (Å²) in [5, 5.41) is 0.487. The topological polar surface area (TPSA) is 117 Å². The second-order valence-corrected chi connectivity index (χ2v) is 12.5. The molecule has 2 heterocycles. The lowest BCUT2D eigenvalue weighted by Crippen LogP contribution is -2.47. The molecule has 0 bridgehead atoms. The highest BCUT2D eigenvalue weighted by atomic mass is 79.9. The predicted octanol–water partition coefficient (Wildman–Crippen LogP) is 7.42. The average molecular weight is 617 g/mol. The van der Waals surface area contributed by atoms with Gasteiger partial charge in [0.1, 0.15) is 11.2 Å². The van der Waals surface area contributed by atoms with Crippen LogP contribution < -0.4 is 0 Å². The van der Waals surface area contributed by atoms with Crippen molar-refractivity contribution in [3.05, 3.63) is 52.9 Å². The van der Waals surface area contributed by atoms with Crippen molar-refractivity contribution in [2.24, 2.45) is 5.92 Å². The number of nitrogens with zero attached hydrogens (tertiary/aromatic N) is 3. The van der Waals surface area contributed by atoms with E-state index >= 15 is 0 Å². The Morgan fingerprint density at radius 1 is 1.00 bits per heavy atom. The summed E-state index contributed by atoms with van der Waals surface area (Å²) in [7, 11) is 0. The molecule has 0 aliphatic heterocycles. The van der Waals surface area contributed by atoms with Crippen LogP contribution in [0.15, 0.2) is 47.3 Å². The van der Waals surface area contributed by atoms with Crippen molar-refractivity contribution in [3.8, 4) is 11.1 Å². The van der Waals surface area contributed by atoms with Crippen LogP contribution in [0, 0.1) is 5.92 Å². The third-order valence-corrected chi connectivity index (χ3v) is 5.62. The fraction of sp³-hybridized carbons (Fsp3) is 0.414. The number of halogens is 1. The Hall–Kier alpha value is -3.73. The Balaban J connectivity index is 2.29. The summed E-state index contributed by atoms with van der Waals surface area (Å²) in [5.74, 6) is -0.975. The Labute approximate surface area is 241 Å². The molecular formula is C29H34BrN3O7. The van der Waals surface area contributed by atoms with Crippen molar-refractivity contribution < 1.29 is 33.4 Å². The molecule has 0 radical (unpaired) electrons. The van der Waals surface area contributed by atoms with E-state index in [1.54, 1.807) is 72.3 Å². The van der Waals surface area contributed by atoms with E-state index < -0.39 is 35.4 Å². The molecule has 214 valence electrons. The van der Waals surface area contributed by atoms with Gasteiger partial charge in [-0.3, -0.25) is 14.3 Å². The molecule has 2 aromatic heterocycles. The maximum atomic E-state index is 14.1. The molecule has 0 N–H and O–H groups in total. The van der Waals surface area contributed by atoms with E-state index in [9.17, 15) is 19.2 Å². The van der Waals surface area contributed by atoms with Crippen molar-refractivity contribution in [1.82, 2.24) is 14.5 Å². The summed E-state index contributed by atoms with van der Waals surface area (Å²) in [6, 6.07) is 6.70. The Morgan fingerprint density at radius 3 is 2.10 bits per heavy atom. The van der Waals surface area contributed by atoms with Crippen LogP contribution in [-0.4, -0.2) is 56.4 Å². The van der Waals surface area contributed by atoms with Gasteiger partial charge >= 0.3 is 18.3 Å². The molecule has 0 spiro atoms. The smallest absolute Gasteiger partial charge is 0.427 e. The van der Waals surface area contributed by atoms with Gasteiger partial charge in [-0.05, 0) is 65.7 Å². The molecule has 0 aliphatic carbocycles. The molecule has 0 aliphatic rings. The van der Waals surface area contributed by atoms with Gasteiger partial charge in [0.25, 0.3) is 5.91 Å². The Kier molecular flexibility index (Phi) is 9.08. The molecule has 40 heavy (non-hydrogen) atoms. The van der Waals surface area contributed by atoms with E-state index in [2.05, 4.69) is 20.9 Å².